The molecule has 246 valence electrons. The number of fused-ring (bicyclic) bond motifs is 10. The van der Waals surface area contributed by atoms with Crippen LogP contribution in [0.5, 0.6) is 0 Å². The van der Waals surface area contributed by atoms with Crippen LogP contribution in [0.25, 0.3) is 97.6 Å². The minimum Gasteiger partial charge on any atom is -0.455 e. The van der Waals surface area contributed by atoms with Gasteiger partial charge in [0.25, 0.3) is 0 Å². The second kappa shape index (κ2) is 10.8. The molecule has 0 saturated carbocycles. The fourth-order valence-electron chi connectivity index (χ4n) is 8.29. The second-order valence-electron chi connectivity index (χ2n) is 13.6. The molecule has 0 atom stereocenters. The van der Waals surface area contributed by atoms with Crippen molar-refractivity contribution in [2.75, 3.05) is 4.90 Å². The van der Waals surface area contributed by atoms with Gasteiger partial charge in [0, 0.05) is 47.5 Å². The van der Waals surface area contributed by atoms with Gasteiger partial charge in [-0.15, -0.1) is 11.3 Å². The molecular weight excluding hydrogens is 669 g/mol. The maximum Gasteiger partial charge on any atom is 0.238 e. The van der Waals surface area contributed by atoms with E-state index in [9.17, 15) is 0 Å². The average molecular weight is 695 g/mol. The third kappa shape index (κ3) is 4.15. The molecule has 0 N–H and O–H groups in total. The molecule has 8 aromatic carbocycles. The normalized spacial score (nSPS) is 12.5. The molecule has 0 unspecified atom stereocenters. The first-order valence-corrected chi connectivity index (χ1v) is 18.5. The standard InChI is InChI=1S/C47H26N4OS/c1-2-13-30-27(10-1)22-24-38-43(30)34-17-7-11-28-12-8-19-37(42(28)34)51(38)47-49-45(29-23-25-41-36(26-29)32-15-4-6-21-40(32)53-41)48-46(50-47)35-18-9-16-33-31-14-3-5-20-39(31)52-44(33)35/h1-26H. The van der Waals surface area contributed by atoms with Crippen molar-refractivity contribution in [3.05, 3.63) is 158 Å². The third-order valence-electron chi connectivity index (χ3n) is 10.6. The smallest absolute Gasteiger partial charge is 0.238 e. The number of aromatic nitrogens is 3. The summed E-state index contributed by atoms with van der Waals surface area (Å²) in [6.45, 7) is 0. The number of benzene rings is 8. The summed E-state index contributed by atoms with van der Waals surface area (Å²) in [5, 5.41) is 9.24. The molecule has 0 spiro atoms. The van der Waals surface area contributed by atoms with Gasteiger partial charge in [-0.1, -0.05) is 109 Å². The van der Waals surface area contributed by atoms with Crippen LogP contribution in [0.15, 0.2) is 162 Å². The Bertz CT molecular complexity index is 3320. The highest BCUT2D eigenvalue weighted by Gasteiger charge is 2.30. The van der Waals surface area contributed by atoms with E-state index < -0.39 is 0 Å². The van der Waals surface area contributed by atoms with Crippen molar-refractivity contribution in [1.82, 2.24) is 15.0 Å². The van der Waals surface area contributed by atoms with Crippen LogP contribution in [-0.4, -0.2) is 15.0 Å². The molecule has 0 radical (unpaired) electrons. The van der Waals surface area contributed by atoms with Crippen LogP contribution < -0.4 is 4.90 Å². The van der Waals surface area contributed by atoms with E-state index in [0.29, 0.717) is 17.6 Å². The van der Waals surface area contributed by atoms with E-state index >= 15 is 0 Å². The van der Waals surface area contributed by atoms with Crippen molar-refractivity contribution >= 4 is 92.3 Å². The molecule has 1 aliphatic heterocycles. The minimum atomic E-state index is 0.548. The Morgan fingerprint density at radius 1 is 0.472 bits per heavy atom. The van der Waals surface area contributed by atoms with Crippen LogP contribution in [0.4, 0.5) is 17.3 Å². The quantitative estimate of drug-likeness (QED) is 0.184. The van der Waals surface area contributed by atoms with Crippen LogP contribution in [0.3, 0.4) is 0 Å². The molecule has 11 aromatic rings. The van der Waals surface area contributed by atoms with E-state index in [2.05, 4.69) is 144 Å². The van der Waals surface area contributed by atoms with Gasteiger partial charge in [-0.2, -0.15) is 9.97 Å². The van der Waals surface area contributed by atoms with Crippen LogP contribution in [0, 0.1) is 0 Å². The molecule has 0 amide bonds. The molecule has 53 heavy (non-hydrogen) atoms. The maximum atomic E-state index is 6.55. The summed E-state index contributed by atoms with van der Waals surface area (Å²) in [7, 11) is 0. The summed E-state index contributed by atoms with van der Waals surface area (Å²) >= 11 is 1.80. The Balaban J connectivity index is 1.18. The van der Waals surface area contributed by atoms with Crippen molar-refractivity contribution in [3.8, 4) is 33.9 Å². The van der Waals surface area contributed by atoms with Crippen molar-refractivity contribution in [2.24, 2.45) is 0 Å². The Labute approximate surface area is 307 Å². The van der Waals surface area contributed by atoms with E-state index in [1.807, 2.05) is 18.2 Å². The highest BCUT2D eigenvalue weighted by atomic mass is 32.1. The fourth-order valence-corrected chi connectivity index (χ4v) is 9.38. The van der Waals surface area contributed by atoms with Crippen LogP contribution in [-0.2, 0) is 0 Å². The number of para-hydroxylation sites is 2. The van der Waals surface area contributed by atoms with Gasteiger partial charge in [-0.25, -0.2) is 4.98 Å². The van der Waals surface area contributed by atoms with Crippen molar-refractivity contribution in [2.45, 2.75) is 0 Å². The van der Waals surface area contributed by atoms with Crippen molar-refractivity contribution in [3.63, 3.8) is 0 Å². The van der Waals surface area contributed by atoms with E-state index in [-0.39, 0.29) is 0 Å². The van der Waals surface area contributed by atoms with Gasteiger partial charge >= 0.3 is 0 Å². The lowest BCUT2D eigenvalue weighted by Gasteiger charge is -2.32. The third-order valence-corrected chi connectivity index (χ3v) is 11.8. The Kier molecular flexibility index (Phi) is 5.87. The van der Waals surface area contributed by atoms with Crippen LogP contribution in [0.1, 0.15) is 0 Å². The number of nitrogens with zero attached hydrogens (tertiary/aromatic N) is 4. The molecule has 0 bridgehead atoms. The van der Waals surface area contributed by atoms with E-state index in [0.717, 1.165) is 44.4 Å². The summed E-state index contributed by atoms with van der Waals surface area (Å²) < 4.78 is 9.04. The Morgan fingerprint density at radius 3 is 2.13 bits per heavy atom. The average Bonchev–Trinajstić information content (AvgIpc) is 3.79. The predicted octanol–water partition coefficient (Wildman–Crippen LogP) is 13.2. The molecule has 0 fully saturated rings. The van der Waals surface area contributed by atoms with Gasteiger partial charge in [0.1, 0.15) is 11.2 Å². The summed E-state index contributed by atoms with van der Waals surface area (Å²) in [6, 6.07) is 55.6. The topological polar surface area (TPSA) is 55.1 Å². The summed E-state index contributed by atoms with van der Waals surface area (Å²) in [6.07, 6.45) is 0. The summed E-state index contributed by atoms with van der Waals surface area (Å²) in [5.74, 6) is 1.70. The molecule has 6 heteroatoms. The van der Waals surface area contributed by atoms with Gasteiger partial charge in [0.15, 0.2) is 11.6 Å². The lowest BCUT2D eigenvalue weighted by Crippen LogP contribution is -2.19. The fraction of sp³-hybridized carbons (Fsp3) is 0. The number of anilines is 3. The highest BCUT2D eigenvalue weighted by molar-refractivity contribution is 7.25. The molecule has 5 nitrogen and oxygen atoms in total. The van der Waals surface area contributed by atoms with Gasteiger partial charge in [-0.3, -0.25) is 4.90 Å². The second-order valence-corrected chi connectivity index (χ2v) is 14.7. The molecule has 4 heterocycles. The molecule has 3 aromatic heterocycles. The summed E-state index contributed by atoms with van der Waals surface area (Å²) in [4.78, 5) is 18.2. The SMILES string of the molecule is c1ccc2c3c(ccc2c1)N(c1nc(-c2ccc4sc5ccccc5c4c2)nc(-c2cccc4c2oc2ccccc24)n1)c1cccc2cccc-3c12. The number of rotatable bonds is 3. The molecule has 0 aliphatic carbocycles. The zero-order valence-corrected chi connectivity index (χ0v) is 28.9. The lowest BCUT2D eigenvalue weighted by molar-refractivity contribution is 0.669. The molecule has 1 aliphatic rings. The highest BCUT2D eigenvalue weighted by Crippen LogP contribution is 2.52. The minimum absolute atomic E-state index is 0.548. The number of furan rings is 1. The van der Waals surface area contributed by atoms with E-state index in [1.54, 1.807) is 11.3 Å². The zero-order chi connectivity index (χ0) is 34.6. The molecule has 12 rings (SSSR count). The Hall–Kier alpha value is -6.89. The van der Waals surface area contributed by atoms with Crippen molar-refractivity contribution in [1.29, 1.82) is 0 Å². The first kappa shape index (κ1) is 28.8. The van der Waals surface area contributed by atoms with Gasteiger partial charge in [0.2, 0.25) is 5.95 Å². The molecule has 0 saturated heterocycles. The number of hydrogen-bond acceptors (Lipinski definition) is 6. The van der Waals surface area contributed by atoms with E-state index in [4.69, 9.17) is 19.4 Å². The van der Waals surface area contributed by atoms with E-state index in [1.165, 1.54) is 52.8 Å². The van der Waals surface area contributed by atoms with Crippen molar-refractivity contribution < 1.29 is 4.42 Å². The number of hydrogen-bond donors (Lipinski definition) is 0. The first-order valence-electron chi connectivity index (χ1n) is 17.7. The van der Waals surface area contributed by atoms with Gasteiger partial charge in [-0.05, 0) is 70.3 Å². The lowest BCUT2D eigenvalue weighted by atomic mass is 9.88. The largest absolute Gasteiger partial charge is 0.455 e. The maximum absolute atomic E-state index is 6.55. The summed E-state index contributed by atoms with van der Waals surface area (Å²) in [5.41, 5.74) is 7.77. The van der Waals surface area contributed by atoms with Gasteiger partial charge in [0.05, 0.1) is 16.9 Å². The zero-order valence-electron chi connectivity index (χ0n) is 28.1. The number of thiophene rings is 1. The predicted molar refractivity (Wildman–Crippen MR) is 220 cm³/mol. The monoisotopic (exact) mass is 694 g/mol. The van der Waals surface area contributed by atoms with Gasteiger partial charge < -0.3 is 4.42 Å². The Morgan fingerprint density at radius 2 is 1.19 bits per heavy atom. The van der Waals surface area contributed by atoms with Crippen LogP contribution in [0.2, 0.25) is 0 Å². The van der Waals surface area contributed by atoms with Crippen LogP contribution >= 0.6 is 11.3 Å². The molecular formula is C47H26N4OS. The first-order chi connectivity index (χ1) is 26.3.